The van der Waals surface area contributed by atoms with E-state index in [0.29, 0.717) is 0 Å². The van der Waals surface area contributed by atoms with Crippen molar-refractivity contribution in [2.75, 3.05) is 0 Å². The van der Waals surface area contributed by atoms with E-state index in [-0.39, 0.29) is 5.54 Å². The number of carbonyl (C=O) groups is 1. The molecule has 0 aromatic carbocycles. The molecule has 1 N–H and O–H groups in total. The summed E-state index contributed by atoms with van der Waals surface area (Å²) in [4.78, 5) is 11.2. The van der Waals surface area contributed by atoms with Crippen molar-refractivity contribution in [2.24, 2.45) is 0 Å². The van der Waals surface area contributed by atoms with Crippen molar-refractivity contribution in [2.45, 2.75) is 45.8 Å². The van der Waals surface area contributed by atoms with Crippen LogP contribution < -0.4 is 5.32 Å². The maximum atomic E-state index is 11.2. The highest BCUT2D eigenvalue weighted by atomic mass is 16.6. The molecular weight excluding hydrogens is 166 g/mol. The van der Waals surface area contributed by atoms with Gasteiger partial charge in [0.25, 0.3) is 0 Å². The highest BCUT2D eigenvalue weighted by Gasteiger charge is 2.22. The fourth-order valence-corrected chi connectivity index (χ4v) is 0.593. The van der Waals surface area contributed by atoms with Gasteiger partial charge in [0.05, 0.1) is 0 Å². The standard InChI is InChI=1S/C10H17NO2/c1-7-10(5,6)13-8(12)11-9(2,3)4/h1H,2-6H3,(H,11,12). The lowest BCUT2D eigenvalue weighted by Crippen LogP contribution is -2.43. The number of hydrogen-bond donors (Lipinski definition) is 1. The zero-order valence-corrected chi connectivity index (χ0v) is 8.89. The van der Waals surface area contributed by atoms with Gasteiger partial charge in [0.15, 0.2) is 5.60 Å². The number of terminal acetylenes is 1. The molecule has 0 aliphatic heterocycles. The first-order valence-electron chi connectivity index (χ1n) is 4.15. The minimum Gasteiger partial charge on any atom is -0.430 e. The second-order valence-electron chi connectivity index (χ2n) is 4.42. The van der Waals surface area contributed by atoms with Gasteiger partial charge in [-0.3, -0.25) is 0 Å². The van der Waals surface area contributed by atoms with Crippen LogP contribution in [0.4, 0.5) is 4.79 Å². The molecule has 3 heteroatoms. The van der Waals surface area contributed by atoms with Gasteiger partial charge in [0.1, 0.15) is 0 Å². The van der Waals surface area contributed by atoms with Gasteiger partial charge in [-0.25, -0.2) is 4.79 Å². The van der Waals surface area contributed by atoms with E-state index in [0.717, 1.165) is 0 Å². The van der Waals surface area contributed by atoms with Crippen LogP contribution in [0.5, 0.6) is 0 Å². The maximum absolute atomic E-state index is 11.2. The zero-order valence-electron chi connectivity index (χ0n) is 8.89. The fourth-order valence-electron chi connectivity index (χ4n) is 0.593. The Hall–Kier alpha value is -1.17. The summed E-state index contributed by atoms with van der Waals surface area (Å²) in [6, 6.07) is 0. The molecule has 74 valence electrons. The SMILES string of the molecule is C#CC(C)(C)OC(=O)NC(C)(C)C. The Morgan fingerprint density at radius 1 is 1.31 bits per heavy atom. The molecule has 1 amide bonds. The predicted molar refractivity (Wildman–Crippen MR) is 52.3 cm³/mol. The molecule has 0 rings (SSSR count). The lowest BCUT2D eigenvalue weighted by Gasteiger charge is -2.24. The summed E-state index contributed by atoms with van der Waals surface area (Å²) in [6.45, 7) is 8.94. The molecule has 13 heavy (non-hydrogen) atoms. The van der Waals surface area contributed by atoms with E-state index >= 15 is 0 Å². The van der Waals surface area contributed by atoms with E-state index in [1.807, 2.05) is 20.8 Å². The summed E-state index contributed by atoms with van der Waals surface area (Å²) < 4.78 is 4.98. The molecule has 0 unspecified atom stereocenters. The Kier molecular flexibility index (Phi) is 3.36. The van der Waals surface area contributed by atoms with E-state index in [2.05, 4.69) is 11.2 Å². The van der Waals surface area contributed by atoms with Crippen molar-refractivity contribution >= 4 is 6.09 Å². The Balaban J connectivity index is 4.13. The summed E-state index contributed by atoms with van der Waals surface area (Å²) >= 11 is 0. The van der Waals surface area contributed by atoms with Gasteiger partial charge in [-0.2, -0.15) is 0 Å². The van der Waals surface area contributed by atoms with E-state index in [1.165, 1.54) is 0 Å². The first kappa shape index (κ1) is 11.8. The van der Waals surface area contributed by atoms with E-state index < -0.39 is 11.7 Å². The van der Waals surface area contributed by atoms with Crippen molar-refractivity contribution in [1.29, 1.82) is 0 Å². The summed E-state index contributed by atoms with van der Waals surface area (Å²) in [5, 5.41) is 2.65. The predicted octanol–water partition coefficient (Wildman–Crippen LogP) is 1.92. The number of hydrogen-bond acceptors (Lipinski definition) is 2. The molecule has 0 radical (unpaired) electrons. The van der Waals surface area contributed by atoms with Crippen molar-refractivity contribution in [3.05, 3.63) is 0 Å². The lowest BCUT2D eigenvalue weighted by atomic mass is 10.1. The maximum Gasteiger partial charge on any atom is 0.409 e. The normalized spacial score (nSPS) is 11.7. The van der Waals surface area contributed by atoms with Crippen LogP contribution in [0.1, 0.15) is 34.6 Å². The number of alkyl carbamates (subject to hydrolysis) is 1. The number of carbonyl (C=O) groups excluding carboxylic acids is 1. The first-order chi connectivity index (χ1) is 5.66. The van der Waals surface area contributed by atoms with Gasteiger partial charge in [-0.15, -0.1) is 6.42 Å². The molecule has 0 bridgehead atoms. The Morgan fingerprint density at radius 3 is 2.08 bits per heavy atom. The highest BCUT2D eigenvalue weighted by Crippen LogP contribution is 2.08. The van der Waals surface area contributed by atoms with Crippen LogP contribution in [0.2, 0.25) is 0 Å². The lowest BCUT2D eigenvalue weighted by molar-refractivity contribution is 0.0726. The van der Waals surface area contributed by atoms with Crippen LogP contribution in [0.15, 0.2) is 0 Å². The second-order valence-corrected chi connectivity index (χ2v) is 4.42. The van der Waals surface area contributed by atoms with Crippen LogP contribution in [0.3, 0.4) is 0 Å². The highest BCUT2D eigenvalue weighted by molar-refractivity contribution is 5.69. The third-order valence-electron chi connectivity index (χ3n) is 1.17. The van der Waals surface area contributed by atoms with Crippen LogP contribution >= 0.6 is 0 Å². The Bertz CT molecular complexity index is 230. The van der Waals surface area contributed by atoms with E-state index in [1.54, 1.807) is 13.8 Å². The van der Waals surface area contributed by atoms with Gasteiger partial charge < -0.3 is 10.1 Å². The molecule has 0 fully saturated rings. The minimum atomic E-state index is -0.852. The van der Waals surface area contributed by atoms with E-state index in [4.69, 9.17) is 11.2 Å². The molecule has 0 heterocycles. The van der Waals surface area contributed by atoms with Gasteiger partial charge in [-0.05, 0) is 34.6 Å². The van der Waals surface area contributed by atoms with Crippen molar-refractivity contribution in [1.82, 2.24) is 5.32 Å². The molecule has 0 aliphatic carbocycles. The van der Waals surface area contributed by atoms with Gasteiger partial charge >= 0.3 is 6.09 Å². The van der Waals surface area contributed by atoms with Crippen LogP contribution in [-0.2, 0) is 4.74 Å². The van der Waals surface area contributed by atoms with Gasteiger partial charge in [0, 0.05) is 5.54 Å². The third kappa shape index (κ3) is 6.03. The number of amides is 1. The monoisotopic (exact) mass is 183 g/mol. The second kappa shape index (κ2) is 3.69. The number of ether oxygens (including phenoxy) is 1. The number of rotatable bonds is 1. The van der Waals surface area contributed by atoms with Crippen LogP contribution in [-0.4, -0.2) is 17.2 Å². The first-order valence-corrected chi connectivity index (χ1v) is 4.15. The van der Waals surface area contributed by atoms with Crippen molar-refractivity contribution in [3.63, 3.8) is 0 Å². The molecule has 0 saturated carbocycles. The van der Waals surface area contributed by atoms with E-state index in [9.17, 15) is 4.79 Å². The fraction of sp³-hybridized carbons (Fsp3) is 0.700. The minimum absolute atomic E-state index is 0.304. The Morgan fingerprint density at radius 2 is 1.77 bits per heavy atom. The molecule has 0 atom stereocenters. The summed E-state index contributed by atoms with van der Waals surface area (Å²) in [5.41, 5.74) is -1.16. The molecule has 3 nitrogen and oxygen atoms in total. The topological polar surface area (TPSA) is 38.3 Å². The van der Waals surface area contributed by atoms with Gasteiger partial charge in [-0.1, -0.05) is 5.92 Å². The van der Waals surface area contributed by atoms with Crippen LogP contribution in [0.25, 0.3) is 0 Å². The van der Waals surface area contributed by atoms with Crippen LogP contribution in [0, 0.1) is 12.3 Å². The molecule has 0 aromatic rings. The smallest absolute Gasteiger partial charge is 0.409 e. The molecule has 0 saturated heterocycles. The summed E-state index contributed by atoms with van der Waals surface area (Å²) in [6.07, 6.45) is 4.67. The zero-order chi connectivity index (χ0) is 10.7. The molecule has 0 spiro atoms. The van der Waals surface area contributed by atoms with Crippen molar-refractivity contribution in [3.8, 4) is 12.3 Å². The average molecular weight is 183 g/mol. The third-order valence-corrected chi connectivity index (χ3v) is 1.17. The Labute approximate surface area is 79.8 Å². The molecule has 0 aliphatic rings. The average Bonchev–Trinajstić information content (AvgIpc) is 1.81. The van der Waals surface area contributed by atoms with Crippen molar-refractivity contribution < 1.29 is 9.53 Å². The van der Waals surface area contributed by atoms with Gasteiger partial charge in [0.2, 0.25) is 0 Å². The quantitative estimate of drug-likeness (QED) is 0.631. The molecule has 0 aromatic heterocycles. The molecular formula is C10H17NO2. The number of nitrogens with one attached hydrogen (secondary N) is 1. The summed E-state index contributed by atoms with van der Waals surface area (Å²) in [7, 11) is 0. The summed E-state index contributed by atoms with van der Waals surface area (Å²) in [5.74, 6) is 2.37. The largest absolute Gasteiger partial charge is 0.430 e.